The van der Waals surface area contributed by atoms with Crippen molar-refractivity contribution >= 4 is 5.78 Å². The Balaban J connectivity index is 2.16. The number of allylic oxidation sites excluding steroid dienone is 1. The summed E-state index contributed by atoms with van der Waals surface area (Å²) in [6.45, 7) is 7.79. The monoisotopic (exact) mass is 345 g/mol. The summed E-state index contributed by atoms with van der Waals surface area (Å²) in [5.74, 6) is -0.408. The number of hydrogen-bond donors (Lipinski definition) is 0. The number of nitrogens with zero attached hydrogens (tertiary/aromatic N) is 1. The topological polar surface area (TPSA) is 30.0 Å². The molecule has 0 aliphatic heterocycles. The van der Waals surface area contributed by atoms with Gasteiger partial charge in [0.05, 0.1) is 5.69 Å². The third-order valence-corrected chi connectivity index (χ3v) is 4.36. The number of carbonyl (C=O) groups is 1. The predicted octanol–water partition coefficient (Wildman–Crippen LogP) is 5.95. The first-order chi connectivity index (χ1) is 12.5. The van der Waals surface area contributed by atoms with Crippen LogP contribution in [0.25, 0.3) is 22.4 Å². The number of pyridine rings is 1. The van der Waals surface area contributed by atoms with Crippen LogP contribution in [0, 0.1) is 11.7 Å². The molecule has 0 saturated carbocycles. The van der Waals surface area contributed by atoms with Crippen LogP contribution in [-0.4, -0.2) is 10.8 Å². The lowest BCUT2D eigenvalue weighted by atomic mass is 9.91. The molecule has 2 aromatic carbocycles. The van der Waals surface area contributed by atoms with Crippen molar-refractivity contribution in [2.75, 3.05) is 0 Å². The average molecular weight is 345 g/mol. The molecule has 0 amide bonds. The number of rotatable bonds is 5. The standard InChI is InChI=1S/C23H20FNO/c1-15(2)16(3)23(26)21-14-25-22(18-7-5-4-6-8-18)13-20(21)17-9-11-19(24)12-10-17/h4-15H,3H2,1-2H3. The van der Waals surface area contributed by atoms with Crippen LogP contribution in [0.2, 0.25) is 0 Å². The summed E-state index contributed by atoms with van der Waals surface area (Å²) in [6, 6.07) is 17.8. The van der Waals surface area contributed by atoms with Gasteiger partial charge in [0.1, 0.15) is 5.82 Å². The van der Waals surface area contributed by atoms with E-state index in [1.165, 1.54) is 12.1 Å². The van der Waals surface area contributed by atoms with Gasteiger partial charge in [0, 0.05) is 17.3 Å². The Labute approximate surface area is 153 Å². The maximum atomic E-state index is 13.3. The van der Waals surface area contributed by atoms with Crippen molar-refractivity contribution in [1.29, 1.82) is 0 Å². The number of carbonyl (C=O) groups excluding carboxylic acids is 1. The molecule has 0 radical (unpaired) electrons. The fourth-order valence-corrected chi connectivity index (χ4v) is 2.71. The second kappa shape index (κ2) is 7.44. The molecule has 26 heavy (non-hydrogen) atoms. The van der Waals surface area contributed by atoms with E-state index >= 15 is 0 Å². The largest absolute Gasteiger partial charge is 0.289 e. The number of aromatic nitrogens is 1. The van der Waals surface area contributed by atoms with Crippen LogP contribution in [0.5, 0.6) is 0 Å². The van der Waals surface area contributed by atoms with Gasteiger partial charge >= 0.3 is 0 Å². The van der Waals surface area contributed by atoms with Gasteiger partial charge in [0.25, 0.3) is 0 Å². The lowest BCUT2D eigenvalue weighted by Crippen LogP contribution is -2.10. The van der Waals surface area contributed by atoms with Crippen molar-refractivity contribution in [3.8, 4) is 22.4 Å². The number of benzene rings is 2. The first kappa shape index (κ1) is 17.7. The lowest BCUT2D eigenvalue weighted by molar-refractivity contribution is 0.102. The van der Waals surface area contributed by atoms with Gasteiger partial charge < -0.3 is 0 Å². The van der Waals surface area contributed by atoms with E-state index in [2.05, 4.69) is 11.6 Å². The normalized spacial score (nSPS) is 10.8. The molecule has 0 aliphatic rings. The Kier molecular flexibility index (Phi) is 5.08. The smallest absolute Gasteiger partial charge is 0.190 e. The molecule has 0 aliphatic carbocycles. The van der Waals surface area contributed by atoms with Crippen molar-refractivity contribution in [2.45, 2.75) is 13.8 Å². The fourth-order valence-electron chi connectivity index (χ4n) is 2.71. The number of hydrogen-bond acceptors (Lipinski definition) is 2. The molecule has 2 nitrogen and oxygen atoms in total. The Morgan fingerprint density at radius 3 is 2.27 bits per heavy atom. The average Bonchev–Trinajstić information content (AvgIpc) is 2.67. The van der Waals surface area contributed by atoms with E-state index in [0.29, 0.717) is 11.1 Å². The minimum atomic E-state index is -0.314. The first-order valence-corrected chi connectivity index (χ1v) is 8.52. The molecule has 0 spiro atoms. The third-order valence-electron chi connectivity index (χ3n) is 4.36. The first-order valence-electron chi connectivity index (χ1n) is 8.52. The molecule has 130 valence electrons. The molecule has 1 heterocycles. The second-order valence-corrected chi connectivity index (χ2v) is 6.50. The van der Waals surface area contributed by atoms with E-state index in [4.69, 9.17) is 0 Å². The number of ketones is 1. The van der Waals surface area contributed by atoms with E-state index in [1.54, 1.807) is 18.3 Å². The Morgan fingerprint density at radius 1 is 1.00 bits per heavy atom. The van der Waals surface area contributed by atoms with Crippen LogP contribution in [0.3, 0.4) is 0 Å². The summed E-state index contributed by atoms with van der Waals surface area (Å²) in [5, 5.41) is 0. The summed E-state index contributed by atoms with van der Waals surface area (Å²) in [4.78, 5) is 17.4. The van der Waals surface area contributed by atoms with Crippen LogP contribution in [-0.2, 0) is 0 Å². The summed E-state index contributed by atoms with van der Waals surface area (Å²) in [7, 11) is 0. The fraction of sp³-hybridized carbons (Fsp3) is 0.130. The molecule has 1 aromatic heterocycles. The third kappa shape index (κ3) is 3.62. The zero-order valence-electron chi connectivity index (χ0n) is 14.9. The highest BCUT2D eigenvalue weighted by atomic mass is 19.1. The Bertz CT molecular complexity index is 944. The lowest BCUT2D eigenvalue weighted by Gasteiger charge is -2.14. The zero-order chi connectivity index (χ0) is 18.7. The maximum absolute atomic E-state index is 13.3. The summed E-state index contributed by atoms with van der Waals surface area (Å²) >= 11 is 0. The summed E-state index contributed by atoms with van der Waals surface area (Å²) in [6.07, 6.45) is 1.59. The van der Waals surface area contributed by atoms with E-state index in [-0.39, 0.29) is 17.5 Å². The van der Waals surface area contributed by atoms with Crippen molar-refractivity contribution in [3.05, 3.63) is 90.4 Å². The molecule has 0 saturated heterocycles. The number of halogens is 1. The maximum Gasteiger partial charge on any atom is 0.190 e. The Morgan fingerprint density at radius 2 is 1.65 bits per heavy atom. The summed E-state index contributed by atoms with van der Waals surface area (Å²) < 4.78 is 13.3. The van der Waals surface area contributed by atoms with Gasteiger partial charge in [-0.05, 0) is 40.8 Å². The highest BCUT2D eigenvalue weighted by Crippen LogP contribution is 2.30. The van der Waals surface area contributed by atoms with Gasteiger partial charge in [-0.25, -0.2) is 4.39 Å². The minimum absolute atomic E-state index is 0.0392. The van der Waals surface area contributed by atoms with Gasteiger partial charge in [-0.3, -0.25) is 9.78 Å². The van der Waals surface area contributed by atoms with Crippen molar-refractivity contribution in [1.82, 2.24) is 4.98 Å². The van der Waals surface area contributed by atoms with Crippen LogP contribution >= 0.6 is 0 Å². The second-order valence-electron chi connectivity index (χ2n) is 6.50. The molecule has 0 fully saturated rings. The molecule has 3 aromatic rings. The predicted molar refractivity (Wildman–Crippen MR) is 103 cm³/mol. The molecule has 0 bridgehead atoms. The molecule has 0 N–H and O–H groups in total. The molecule has 3 rings (SSSR count). The van der Waals surface area contributed by atoms with Gasteiger partial charge in [-0.1, -0.05) is 62.9 Å². The minimum Gasteiger partial charge on any atom is -0.289 e. The van der Waals surface area contributed by atoms with Crippen LogP contribution < -0.4 is 0 Å². The molecule has 0 unspecified atom stereocenters. The summed E-state index contributed by atoms with van der Waals surface area (Å²) in [5.41, 5.74) is 4.23. The van der Waals surface area contributed by atoms with Crippen LogP contribution in [0.1, 0.15) is 24.2 Å². The van der Waals surface area contributed by atoms with Gasteiger partial charge in [-0.15, -0.1) is 0 Å². The van der Waals surface area contributed by atoms with E-state index in [0.717, 1.165) is 22.4 Å². The number of Topliss-reactive ketones (excluding diaryl/α,β-unsaturated/α-hetero) is 1. The van der Waals surface area contributed by atoms with E-state index in [9.17, 15) is 9.18 Å². The van der Waals surface area contributed by atoms with E-state index < -0.39 is 0 Å². The molecule has 0 atom stereocenters. The van der Waals surface area contributed by atoms with Gasteiger partial charge in [0.2, 0.25) is 0 Å². The Hall–Kier alpha value is -3.07. The highest BCUT2D eigenvalue weighted by molar-refractivity contribution is 6.12. The molecular formula is C23H20FNO. The quantitative estimate of drug-likeness (QED) is 0.422. The van der Waals surface area contributed by atoms with Gasteiger partial charge in [0.15, 0.2) is 5.78 Å². The van der Waals surface area contributed by atoms with Crippen LogP contribution in [0.15, 0.2) is 79.0 Å². The highest BCUT2D eigenvalue weighted by Gasteiger charge is 2.19. The van der Waals surface area contributed by atoms with Crippen molar-refractivity contribution < 1.29 is 9.18 Å². The molecular weight excluding hydrogens is 325 g/mol. The van der Waals surface area contributed by atoms with Crippen molar-refractivity contribution in [3.63, 3.8) is 0 Å². The van der Waals surface area contributed by atoms with Crippen LogP contribution in [0.4, 0.5) is 4.39 Å². The molecule has 3 heteroatoms. The van der Waals surface area contributed by atoms with Crippen molar-refractivity contribution in [2.24, 2.45) is 5.92 Å². The van der Waals surface area contributed by atoms with E-state index in [1.807, 2.05) is 50.2 Å². The van der Waals surface area contributed by atoms with Gasteiger partial charge in [-0.2, -0.15) is 0 Å². The SMILES string of the molecule is C=C(C(=O)c1cnc(-c2ccccc2)cc1-c1ccc(F)cc1)C(C)C. The zero-order valence-corrected chi connectivity index (χ0v) is 14.9.